The largest absolute Gasteiger partial charge is 0.379 e. The molecule has 1 aromatic carbocycles. The number of hydrogen-bond acceptors (Lipinski definition) is 3. The first-order valence-electron chi connectivity index (χ1n) is 9.52. The van der Waals surface area contributed by atoms with Gasteiger partial charge in [-0.15, -0.1) is 0 Å². The standard InChI is InChI=1S/C20H33FN4O/c1-5-22-19(23-14-16(2)25-9-11-26-12-10-25)24-15-20(3,4)17-7-6-8-18(21)13-17/h6-8,13,16H,5,9-12,14-15H2,1-4H3,(H2,22,23,24). The molecule has 1 unspecified atom stereocenters. The molecule has 0 saturated carbocycles. The van der Waals surface area contributed by atoms with Crippen molar-refractivity contribution in [2.75, 3.05) is 45.9 Å². The molecule has 0 bridgehead atoms. The number of rotatable bonds is 7. The van der Waals surface area contributed by atoms with Gasteiger partial charge in [0.1, 0.15) is 5.82 Å². The average molecular weight is 365 g/mol. The Bertz CT molecular complexity index is 585. The molecule has 0 radical (unpaired) electrons. The minimum Gasteiger partial charge on any atom is -0.379 e. The molecule has 1 saturated heterocycles. The first-order chi connectivity index (χ1) is 12.4. The van der Waals surface area contributed by atoms with Gasteiger partial charge in [0.2, 0.25) is 0 Å². The van der Waals surface area contributed by atoms with Crippen LogP contribution < -0.4 is 10.6 Å². The van der Waals surface area contributed by atoms with Gasteiger partial charge in [-0.3, -0.25) is 9.89 Å². The number of aliphatic imine (C=N–C) groups is 1. The first kappa shape index (κ1) is 20.6. The number of guanidine groups is 1. The molecule has 0 aliphatic carbocycles. The first-order valence-corrected chi connectivity index (χ1v) is 9.52. The van der Waals surface area contributed by atoms with Crippen molar-refractivity contribution < 1.29 is 9.13 Å². The quantitative estimate of drug-likeness (QED) is 0.576. The van der Waals surface area contributed by atoms with Gasteiger partial charge in [0.15, 0.2) is 5.96 Å². The number of nitrogens with one attached hydrogen (secondary N) is 2. The van der Waals surface area contributed by atoms with Crippen LogP contribution in [0.15, 0.2) is 29.3 Å². The Morgan fingerprint density at radius 2 is 2.04 bits per heavy atom. The van der Waals surface area contributed by atoms with Crippen molar-refractivity contribution in [2.45, 2.75) is 39.2 Å². The van der Waals surface area contributed by atoms with Crippen molar-refractivity contribution in [3.8, 4) is 0 Å². The number of hydrogen-bond donors (Lipinski definition) is 2. The SMILES string of the molecule is CCNC(=NCC(C)(C)c1cccc(F)c1)NCC(C)N1CCOCC1. The van der Waals surface area contributed by atoms with Crippen LogP contribution in [0.5, 0.6) is 0 Å². The van der Waals surface area contributed by atoms with E-state index in [1.807, 2.05) is 6.07 Å². The Kier molecular flexibility index (Phi) is 7.85. The maximum atomic E-state index is 13.5. The third-order valence-electron chi connectivity index (χ3n) is 4.82. The van der Waals surface area contributed by atoms with E-state index in [9.17, 15) is 4.39 Å². The normalized spacial score (nSPS) is 17.8. The lowest BCUT2D eigenvalue weighted by atomic mass is 9.85. The number of morpholine rings is 1. The Labute approximate surface area is 157 Å². The fraction of sp³-hybridized carbons (Fsp3) is 0.650. The van der Waals surface area contributed by atoms with E-state index in [4.69, 9.17) is 9.73 Å². The fourth-order valence-corrected chi connectivity index (χ4v) is 3.01. The highest BCUT2D eigenvalue weighted by atomic mass is 19.1. The zero-order valence-electron chi connectivity index (χ0n) is 16.5. The summed E-state index contributed by atoms with van der Waals surface area (Å²) in [5.74, 6) is 0.598. The highest BCUT2D eigenvalue weighted by molar-refractivity contribution is 5.79. The molecule has 5 nitrogen and oxygen atoms in total. The number of benzene rings is 1. The van der Waals surface area contributed by atoms with Gasteiger partial charge in [-0.1, -0.05) is 26.0 Å². The molecule has 1 aromatic rings. The molecule has 0 amide bonds. The summed E-state index contributed by atoms with van der Waals surface area (Å²) in [6, 6.07) is 7.19. The molecule has 0 aromatic heterocycles. The van der Waals surface area contributed by atoms with Gasteiger partial charge in [-0.25, -0.2) is 4.39 Å². The van der Waals surface area contributed by atoms with Crippen molar-refractivity contribution >= 4 is 5.96 Å². The number of halogens is 1. The Morgan fingerprint density at radius 3 is 2.69 bits per heavy atom. The molecule has 26 heavy (non-hydrogen) atoms. The molecule has 6 heteroatoms. The minimum absolute atomic E-state index is 0.205. The smallest absolute Gasteiger partial charge is 0.191 e. The monoisotopic (exact) mass is 364 g/mol. The number of nitrogens with zero attached hydrogens (tertiary/aromatic N) is 2. The summed E-state index contributed by atoms with van der Waals surface area (Å²) in [7, 11) is 0. The molecule has 2 rings (SSSR count). The van der Waals surface area contributed by atoms with Crippen molar-refractivity contribution in [3.05, 3.63) is 35.6 Å². The van der Waals surface area contributed by atoms with E-state index in [1.54, 1.807) is 12.1 Å². The molecule has 1 fully saturated rings. The predicted octanol–water partition coefficient (Wildman–Crippen LogP) is 2.38. The van der Waals surface area contributed by atoms with E-state index < -0.39 is 0 Å². The second-order valence-corrected chi connectivity index (χ2v) is 7.47. The van der Waals surface area contributed by atoms with Crippen LogP contribution in [0.2, 0.25) is 0 Å². The van der Waals surface area contributed by atoms with Crippen molar-refractivity contribution in [1.82, 2.24) is 15.5 Å². The van der Waals surface area contributed by atoms with Crippen LogP contribution in [-0.2, 0) is 10.2 Å². The lowest BCUT2D eigenvalue weighted by molar-refractivity contribution is 0.0211. The molecular formula is C20H33FN4O. The lowest BCUT2D eigenvalue weighted by Gasteiger charge is -2.32. The van der Waals surface area contributed by atoms with E-state index >= 15 is 0 Å². The van der Waals surface area contributed by atoms with Crippen LogP contribution in [0.4, 0.5) is 4.39 Å². The van der Waals surface area contributed by atoms with Gasteiger partial charge in [0.05, 0.1) is 19.8 Å². The van der Waals surface area contributed by atoms with Gasteiger partial charge in [-0.05, 0) is 31.5 Å². The third-order valence-corrected chi connectivity index (χ3v) is 4.82. The zero-order valence-corrected chi connectivity index (χ0v) is 16.5. The molecule has 2 N–H and O–H groups in total. The number of ether oxygens (including phenoxy) is 1. The van der Waals surface area contributed by atoms with Crippen LogP contribution in [0.3, 0.4) is 0 Å². The van der Waals surface area contributed by atoms with E-state index in [-0.39, 0.29) is 11.2 Å². The molecule has 1 aliphatic heterocycles. The molecule has 146 valence electrons. The maximum Gasteiger partial charge on any atom is 0.191 e. The summed E-state index contributed by atoms with van der Waals surface area (Å²) < 4.78 is 18.9. The van der Waals surface area contributed by atoms with Crippen molar-refractivity contribution in [2.24, 2.45) is 4.99 Å². The summed E-state index contributed by atoms with van der Waals surface area (Å²) in [5.41, 5.74) is 0.721. The van der Waals surface area contributed by atoms with Crippen molar-refractivity contribution in [3.63, 3.8) is 0 Å². The van der Waals surface area contributed by atoms with E-state index in [0.29, 0.717) is 12.6 Å². The van der Waals surface area contributed by atoms with E-state index in [1.165, 1.54) is 6.07 Å². The molecule has 1 atom stereocenters. The van der Waals surface area contributed by atoms with Crippen LogP contribution >= 0.6 is 0 Å². The highest BCUT2D eigenvalue weighted by Crippen LogP contribution is 2.24. The van der Waals surface area contributed by atoms with Crippen LogP contribution in [-0.4, -0.2) is 62.8 Å². The second-order valence-electron chi connectivity index (χ2n) is 7.47. The summed E-state index contributed by atoms with van der Waals surface area (Å²) in [4.78, 5) is 7.16. The lowest BCUT2D eigenvalue weighted by Crippen LogP contribution is -2.49. The fourth-order valence-electron chi connectivity index (χ4n) is 3.01. The van der Waals surface area contributed by atoms with E-state index in [0.717, 1.165) is 50.9 Å². The Hall–Kier alpha value is -1.66. The average Bonchev–Trinajstić information content (AvgIpc) is 2.64. The predicted molar refractivity (Wildman–Crippen MR) is 105 cm³/mol. The van der Waals surface area contributed by atoms with Crippen molar-refractivity contribution in [1.29, 1.82) is 0 Å². The van der Waals surface area contributed by atoms with Crippen LogP contribution in [0.25, 0.3) is 0 Å². The molecule has 1 heterocycles. The summed E-state index contributed by atoms with van der Waals surface area (Å²) in [6.45, 7) is 14.2. The third kappa shape index (κ3) is 6.25. The van der Waals surface area contributed by atoms with Gasteiger partial charge in [0.25, 0.3) is 0 Å². The molecule has 1 aliphatic rings. The van der Waals surface area contributed by atoms with Crippen LogP contribution in [0, 0.1) is 5.82 Å². The Balaban J connectivity index is 1.94. The highest BCUT2D eigenvalue weighted by Gasteiger charge is 2.21. The zero-order chi connectivity index (χ0) is 19.0. The summed E-state index contributed by atoms with van der Waals surface area (Å²) in [6.07, 6.45) is 0. The summed E-state index contributed by atoms with van der Waals surface area (Å²) >= 11 is 0. The van der Waals surface area contributed by atoms with Gasteiger partial charge >= 0.3 is 0 Å². The topological polar surface area (TPSA) is 48.9 Å². The van der Waals surface area contributed by atoms with Gasteiger partial charge < -0.3 is 15.4 Å². The summed E-state index contributed by atoms with van der Waals surface area (Å²) in [5, 5.41) is 6.73. The van der Waals surface area contributed by atoms with E-state index in [2.05, 4.69) is 43.2 Å². The minimum atomic E-state index is -0.236. The molecular weight excluding hydrogens is 331 g/mol. The van der Waals surface area contributed by atoms with Crippen LogP contribution in [0.1, 0.15) is 33.3 Å². The second kappa shape index (κ2) is 9.88. The van der Waals surface area contributed by atoms with Gasteiger partial charge in [0, 0.05) is 37.6 Å². The maximum absolute atomic E-state index is 13.5. The Morgan fingerprint density at radius 1 is 1.31 bits per heavy atom. The molecule has 0 spiro atoms. The van der Waals surface area contributed by atoms with Gasteiger partial charge in [-0.2, -0.15) is 0 Å².